The molecule has 0 aliphatic carbocycles. The molecule has 0 spiro atoms. The van der Waals surface area contributed by atoms with Crippen LogP contribution in [0.15, 0.2) is 18.2 Å². The number of imidazole rings is 1. The van der Waals surface area contributed by atoms with E-state index in [1.807, 2.05) is 0 Å². The number of rotatable bonds is 4. The first-order valence-electron chi connectivity index (χ1n) is 7.84. The van der Waals surface area contributed by atoms with E-state index in [-0.39, 0.29) is 0 Å². The third-order valence-electron chi connectivity index (χ3n) is 4.47. The molecule has 1 fully saturated rings. The third kappa shape index (κ3) is 2.59. The summed E-state index contributed by atoms with van der Waals surface area (Å²) in [5.74, 6) is 1.71. The Kier molecular flexibility index (Phi) is 3.79. The number of aryl methyl sites for hydroxylation is 1. The van der Waals surface area contributed by atoms with Crippen LogP contribution in [0, 0.1) is 6.92 Å². The molecule has 1 aliphatic heterocycles. The topological polar surface area (TPSA) is 21.1 Å². The van der Waals surface area contributed by atoms with Gasteiger partial charge in [-0.25, -0.2) is 4.98 Å². The van der Waals surface area contributed by atoms with E-state index in [0.29, 0.717) is 5.92 Å². The number of hydrogen-bond acceptors (Lipinski definition) is 2. The van der Waals surface area contributed by atoms with E-state index < -0.39 is 0 Å². The molecule has 3 rings (SSSR count). The quantitative estimate of drug-likeness (QED) is 0.847. The molecule has 2 heterocycles. The smallest absolute Gasteiger partial charge is 0.106 e. The Bertz CT molecular complexity index is 592. The van der Waals surface area contributed by atoms with Crippen molar-refractivity contribution in [2.75, 3.05) is 19.6 Å². The molecule has 0 N–H and O–H groups in total. The van der Waals surface area contributed by atoms with E-state index >= 15 is 0 Å². The van der Waals surface area contributed by atoms with Crippen LogP contribution in [0.5, 0.6) is 0 Å². The first kappa shape index (κ1) is 13.6. The summed E-state index contributed by atoms with van der Waals surface area (Å²) < 4.78 is 2.39. The number of nitrogens with zero attached hydrogens (tertiary/aromatic N) is 3. The molecule has 1 saturated heterocycles. The molecule has 0 saturated carbocycles. The minimum atomic E-state index is 0.571. The van der Waals surface area contributed by atoms with E-state index in [4.69, 9.17) is 4.98 Å². The van der Waals surface area contributed by atoms with Gasteiger partial charge in [-0.2, -0.15) is 0 Å². The molecule has 3 heteroatoms. The zero-order chi connectivity index (χ0) is 14.1. The van der Waals surface area contributed by atoms with Gasteiger partial charge >= 0.3 is 0 Å². The van der Waals surface area contributed by atoms with E-state index in [2.05, 4.69) is 48.4 Å². The highest BCUT2D eigenvalue weighted by Gasteiger charge is 2.13. The molecule has 2 aromatic rings. The van der Waals surface area contributed by atoms with Gasteiger partial charge in [-0.05, 0) is 56.5 Å². The first-order valence-corrected chi connectivity index (χ1v) is 7.84. The van der Waals surface area contributed by atoms with Crippen LogP contribution < -0.4 is 0 Å². The number of hydrogen-bond donors (Lipinski definition) is 0. The summed E-state index contributed by atoms with van der Waals surface area (Å²) in [6.07, 6.45) is 2.72. The van der Waals surface area contributed by atoms with E-state index in [0.717, 1.165) is 24.4 Å². The van der Waals surface area contributed by atoms with Crippen LogP contribution in [-0.2, 0) is 6.54 Å². The number of benzene rings is 1. The van der Waals surface area contributed by atoms with Crippen LogP contribution >= 0.6 is 0 Å². The summed E-state index contributed by atoms with van der Waals surface area (Å²) in [6, 6.07) is 6.71. The molecule has 0 unspecified atom stereocenters. The zero-order valence-corrected chi connectivity index (χ0v) is 12.9. The molecular formula is C17H25N3. The minimum absolute atomic E-state index is 0.571. The SMILES string of the molecule is Cc1nc2ccc(C(C)C)cc2n1CCN1CCCC1. The van der Waals surface area contributed by atoms with Crippen molar-refractivity contribution in [3.05, 3.63) is 29.6 Å². The monoisotopic (exact) mass is 271 g/mol. The number of aromatic nitrogens is 2. The highest BCUT2D eigenvalue weighted by molar-refractivity contribution is 5.77. The molecular weight excluding hydrogens is 246 g/mol. The highest BCUT2D eigenvalue weighted by Crippen LogP contribution is 2.22. The van der Waals surface area contributed by atoms with Gasteiger partial charge in [-0.15, -0.1) is 0 Å². The normalized spacial score (nSPS) is 16.6. The zero-order valence-electron chi connectivity index (χ0n) is 12.9. The summed E-state index contributed by atoms with van der Waals surface area (Å²) in [5.41, 5.74) is 3.83. The van der Waals surface area contributed by atoms with Gasteiger partial charge in [-0.3, -0.25) is 0 Å². The number of likely N-dealkylation sites (tertiary alicyclic amines) is 1. The highest BCUT2D eigenvalue weighted by atomic mass is 15.2. The van der Waals surface area contributed by atoms with Crippen LogP contribution in [0.4, 0.5) is 0 Å². The molecule has 1 aromatic carbocycles. The maximum absolute atomic E-state index is 4.70. The second-order valence-electron chi connectivity index (χ2n) is 6.26. The average molecular weight is 271 g/mol. The lowest BCUT2D eigenvalue weighted by Gasteiger charge is -2.16. The fourth-order valence-corrected chi connectivity index (χ4v) is 3.15. The molecule has 108 valence electrons. The predicted octanol–water partition coefficient (Wildman–Crippen LogP) is 3.56. The van der Waals surface area contributed by atoms with Crippen LogP contribution in [0.2, 0.25) is 0 Å². The molecule has 0 atom stereocenters. The molecule has 0 amide bonds. The average Bonchev–Trinajstić information content (AvgIpc) is 3.02. The van der Waals surface area contributed by atoms with Crippen LogP contribution in [-0.4, -0.2) is 34.1 Å². The lowest BCUT2D eigenvalue weighted by molar-refractivity contribution is 0.323. The Hall–Kier alpha value is -1.35. The fraction of sp³-hybridized carbons (Fsp3) is 0.588. The van der Waals surface area contributed by atoms with Gasteiger partial charge in [0.1, 0.15) is 5.82 Å². The molecule has 1 aromatic heterocycles. The predicted molar refractivity (Wildman–Crippen MR) is 84.2 cm³/mol. The van der Waals surface area contributed by atoms with Crippen molar-refractivity contribution < 1.29 is 0 Å². The summed E-state index contributed by atoms with van der Waals surface area (Å²) in [7, 11) is 0. The largest absolute Gasteiger partial charge is 0.327 e. The van der Waals surface area contributed by atoms with Gasteiger partial charge in [0, 0.05) is 13.1 Å². The summed E-state index contributed by atoms with van der Waals surface area (Å²) in [4.78, 5) is 7.27. The Labute approximate surface area is 121 Å². The Morgan fingerprint density at radius 1 is 1.15 bits per heavy atom. The van der Waals surface area contributed by atoms with Crippen LogP contribution in [0.3, 0.4) is 0 Å². The second-order valence-corrected chi connectivity index (χ2v) is 6.26. The van der Waals surface area contributed by atoms with Gasteiger partial charge in [-0.1, -0.05) is 19.9 Å². The van der Waals surface area contributed by atoms with E-state index in [9.17, 15) is 0 Å². The van der Waals surface area contributed by atoms with Gasteiger partial charge in [0.15, 0.2) is 0 Å². The third-order valence-corrected chi connectivity index (χ3v) is 4.47. The lowest BCUT2D eigenvalue weighted by atomic mass is 10.0. The number of fused-ring (bicyclic) bond motifs is 1. The summed E-state index contributed by atoms with van der Waals surface area (Å²) in [6.45, 7) is 11.4. The van der Waals surface area contributed by atoms with Crippen molar-refractivity contribution in [3.63, 3.8) is 0 Å². The van der Waals surface area contributed by atoms with Crippen molar-refractivity contribution in [1.82, 2.24) is 14.5 Å². The van der Waals surface area contributed by atoms with Gasteiger partial charge in [0.2, 0.25) is 0 Å². The summed E-state index contributed by atoms with van der Waals surface area (Å²) in [5, 5.41) is 0. The van der Waals surface area contributed by atoms with Crippen LogP contribution in [0.25, 0.3) is 11.0 Å². The van der Waals surface area contributed by atoms with E-state index in [1.165, 1.54) is 37.0 Å². The van der Waals surface area contributed by atoms with Gasteiger partial charge in [0.05, 0.1) is 11.0 Å². The molecule has 20 heavy (non-hydrogen) atoms. The maximum Gasteiger partial charge on any atom is 0.106 e. The van der Waals surface area contributed by atoms with Crippen molar-refractivity contribution in [3.8, 4) is 0 Å². The molecule has 0 bridgehead atoms. The second kappa shape index (κ2) is 5.57. The Balaban J connectivity index is 1.87. The summed E-state index contributed by atoms with van der Waals surface area (Å²) >= 11 is 0. The lowest BCUT2D eigenvalue weighted by Crippen LogP contribution is -2.24. The minimum Gasteiger partial charge on any atom is -0.327 e. The molecule has 0 radical (unpaired) electrons. The van der Waals surface area contributed by atoms with Gasteiger partial charge < -0.3 is 9.47 Å². The van der Waals surface area contributed by atoms with Crippen molar-refractivity contribution >= 4 is 11.0 Å². The fourth-order valence-electron chi connectivity index (χ4n) is 3.15. The van der Waals surface area contributed by atoms with Crippen molar-refractivity contribution in [1.29, 1.82) is 0 Å². The Morgan fingerprint density at radius 3 is 2.60 bits per heavy atom. The standard InChI is InChI=1S/C17H25N3/c1-13(2)15-6-7-16-17(12-15)20(14(3)18-16)11-10-19-8-4-5-9-19/h6-7,12-13H,4-5,8-11H2,1-3H3. The maximum atomic E-state index is 4.70. The van der Waals surface area contributed by atoms with Crippen molar-refractivity contribution in [2.45, 2.75) is 46.1 Å². The Morgan fingerprint density at radius 2 is 1.90 bits per heavy atom. The van der Waals surface area contributed by atoms with Gasteiger partial charge in [0.25, 0.3) is 0 Å². The van der Waals surface area contributed by atoms with Crippen molar-refractivity contribution in [2.24, 2.45) is 0 Å². The van der Waals surface area contributed by atoms with E-state index in [1.54, 1.807) is 0 Å². The first-order chi connectivity index (χ1) is 9.65. The molecule has 1 aliphatic rings. The molecule has 3 nitrogen and oxygen atoms in total. The van der Waals surface area contributed by atoms with Crippen LogP contribution in [0.1, 0.15) is 44.0 Å².